The van der Waals surface area contributed by atoms with Crippen molar-refractivity contribution >= 4 is 17.6 Å². The van der Waals surface area contributed by atoms with Crippen molar-refractivity contribution in [3.05, 3.63) is 59.1 Å². The molecule has 0 saturated carbocycles. The molecule has 2 aromatic carbocycles. The first-order valence-corrected chi connectivity index (χ1v) is 7.58. The molecule has 4 nitrogen and oxygen atoms in total. The van der Waals surface area contributed by atoms with E-state index in [0.717, 1.165) is 5.56 Å². The van der Waals surface area contributed by atoms with Crippen LogP contribution in [0.15, 0.2) is 48.5 Å². The average Bonchev–Trinajstić information content (AvgIpc) is 2.53. The third-order valence-electron chi connectivity index (χ3n) is 3.32. The van der Waals surface area contributed by atoms with Gasteiger partial charge in [0, 0.05) is 5.02 Å². The van der Waals surface area contributed by atoms with E-state index in [1.807, 2.05) is 24.3 Å². The number of carboxylic acids is 1. The van der Waals surface area contributed by atoms with Crippen molar-refractivity contribution in [2.75, 3.05) is 6.61 Å². The molecule has 2 rings (SSSR count). The number of carbonyl (C=O) groups is 1. The Morgan fingerprint density at radius 2 is 1.52 bits per heavy atom. The Morgan fingerprint density at radius 1 is 1.00 bits per heavy atom. The fourth-order valence-electron chi connectivity index (χ4n) is 1.70. The maximum atomic E-state index is 11.0. The monoisotopic (exact) mass is 334 g/mol. The number of aliphatic carboxylic acids is 1. The standard InChI is InChI=1S/C18H19ClO4/c1-18(2,17(20)21)12-23-16-9-7-15(8-10-16)22-11-13-3-5-14(19)6-4-13/h3-10H,11-12H2,1-2H3,(H,20,21). The van der Waals surface area contributed by atoms with Crippen LogP contribution < -0.4 is 9.47 Å². The van der Waals surface area contributed by atoms with Crippen LogP contribution in [-0.2, 0) is 11.4 Å². The highest BCUT2D eigenvalue weighted by Gasteiger charge is 2.28. The summed E-state index contributed by atoms with van der Waals surface area (Å²) in [5.41, 5.74) is 0.0990. The Bertz CT molecular complexity index is 648. The summed E-state index contributed by atoms with van der Waals surface area (Å²) in [6.45, 7) is 3.80. The molecule has 0 amide bonds. The molecular weight excluding hydrogens is 316 g/mol. The van der Waals surface area contributed by atoms with E-state index >= 15 is 0 Å². The molecule has 0 heterocycles. The lowest BCUT2D eigenvalue weighted by molar-refractivity contribution is -0.148. The van der Waals surface area contributed by atoms with Crippen molar-refractivity contribution in [3.63, 3.8) is 0 Å². The van der Waals surface area contributed by atoms with Crippen LogP contribution in [0.5, 0.6) is 11.5 Å². The number of halogens is 1. The van der Waals surface area contributed by atoms with Gasteiger partial charge in [-0.15, -0.1) is 0 Å². The average molecular weight is 335 g/mol. The van der Waals surface area contributed by atoms with Gasteiger partial charge in [-0.2, -0.15) is 0 Å². The van der Waals surface area contributed by atoms with Gasteiger partial charge < -0.3 is 14.6 Å². The zero-order valence-corrected chi connectivity index (χ0v) is 13.8. The zero-order valence-electron chi connectivity index (χ0n) is 13.1. The number of rotatable bonds is 7. The molecule has 0 bridgehead atoms. The van der Waals surface area contributed by atoms with Gasteiger partial charge in [0.15, 0.2) is 0 Å². The second kappa shape index (κ2) is 7.38. The highest BCUT2D eigenvalue weighted by Crippen LogP contribution is 2.22. The summed E-state index contributed by atoms with van der Waals surface area (Å²) in [6.07, 6.45) is 0. The first-order valence-electron chi connectivity index (χ1n) is 7.20. The van der Waals surface area contributed by atoms with Gasteiger partial charge in [0.1, 0.15) is 24.7 Å². The molecule has 2 aromatic rings. The molecule has 0 atom stereocenters. The van der Waals surface area contributed by atoms with E-state index in [2.05, 4.69) is 0 Å². The Balaban J connectivity index is 1.87. The number of hydrogen-bond donors (Lipinski definition) is 1. The predicted molar refractivity (Wildman–Crippen MR) is 89.1 cm³/mol. The second-order valence-corrected chi connectivity index (χ2v) is 6.30. The third-order valence-corrected chi connectivity index (χ3v) is 3.57. The SMILES string of the molecule is CC(C)(COc1ccc(OCc2ccc(Cl)cc2)cc1)C(=O)O. The summed E-state index contributed by atoms with van der Waals surface area (Å²) in [7, 11) is 0. The largest absolute Gasteiger partial charge is 0.492 e. The van der Waals surface area contributed by atoms with Crippen molar-refractivity contribution in [1.29, 1.82) is 0 Å². The molecule has 0 aliphatic rings. The minimum Gasteiger partial charge on any atom is -0.492 e. The highest BCUT2D eigenvalue weighted by molar-refractivity contribution is 6.30. The molecule has 0 saturated heterocycles. The van der Waals surface area contributed by atoms with Crippen LogP contribution in [0, 0.1) is 5.41 Å². The number of benzene rings is 2. The van der Waals surface area contributed by atoms with Crippen LogP contribution >= 0.6 is 11.6 Å². The molecule has 5 heteroatoms. The molecule has 122 valence electrons. The molecule has 0 aliphatic carbocycles. The molecule has 0 fully saturated rings. The van der Waals surface area contributed by atoms with Crippen LogP contribution in [0.1, 0.15) is 19.4 Å². The second-order valence-electron chi connectivity index (χ2n) is 5.86. The van der Waals surface area contributed by atoms with Gasteiger partial charge in [0.2, 0.25) is 0 Å². The minimum atomic E-state index is -0.927. The van der Waals surface area contributed by atoms with E-state index in [9.17, 15) is 4.79 Å². The molecule has 0 aliphatic heterocycles. The minimum absolute atomic E-state index is 0.104. The van der Waals surface area contributed by atoms with Crippen LogP contribution in [0.3, 0.4) is 0 Å². The number of hydrogen-bond acceptors (Lipinski definition) is 3. The van der Waals surface area contributed by atoms with Gasteiger partial charge >= 0.3 is 5.97 Å². The molecule has 0 unspecified atom stereocenters. The maximum absolute atomic E-state index is 11.0. The molecule has 0 spiro atoms. The Labute approximate surface area is 140 Å². The topological polar surface area (TPSA) is 55.8 Å². The zero-order chi connectivity index (χ0) is 16.9. The van der Waals surface area contributed by atoms with Gasteiger partial charge in [-0.05, 0) is 55.8 Å². The van der Waals surface area contributed by atoms with E-state index in [1.165, 1.54) is 0 Å². The summed E-state index contributed by atoms with van der Waals surface area (Å²) in [5, 5.41) is 9.74. The van der Waals surface area contributed by atoms with Crippen LogP contribution in [0.25, 0.3) is 0 Å². The lowest BCUT2D eigenvalue weighted by atomic mass is 9.95. The van der Waals surface area contributed by atoms with Crippen molar-refractivity contribution in [2.45, 2.75) is 20.5 Å². The summed E-state index contributed by atoms with van der Waals surface area (Å²) in [4.78, 5) is 11.0. The summed E-state index contributed by atoms with van der Waals surface area (Å²) in [5.74, 6) is 0.434. The van der Waals surface area contributed by atoms with Crippen LogP contribution in [0.2, 0.25) is 5.02 Å². The van der Waals surface area contributed by atoms with Gasteiger partial charge in [0.05, 0.1) is 5.41 Å². The van der Waals surface area contributed by atoms with Gasteiger partial charge in [0.25, 0.3) is 0 Å². The van der Waals surface area contributed by atoms with Crippen molar-refractivity contribution in [3.8, 4) is 11.5 Å². The summed E-state index contributed by atoms with van der Waals surface area (Å²) < 4.78 is 11.2. The third kappa shape index (κ3) is 5.18. The molecule has 1 N–H and O–H groups in total. The van der Waals surface area contributed by atoms with E-state index in [0.29, 0.717) is 23.1 Å². The fraction of sp³-hybridized carbons (Fsp3) is 0.278. The Kier molecular flexibility index (Phi) is 5.50. The van der Waals surface area contributed by atoms with Gasteiger partial charge in [-0.3, -0.25) is 4.79 Å². The smallest absolute Gasteiger partial charge is 0.312 e. The van der Waals surface area contributed by atoms with Gasteiger partial charge in [-0.1, -0.05) is 23.7 Å². The highest BCUT2D eigenvalue weighted by atomic mass is 35.5. The Hall–Kier alpha value is -2.20. The molecule has 0 radical (unpaired) electrons. The lowest BCUT2D eigenvalue weighted by Gasteiger charge is -2.19. The maximum Gasteiger partial charge on any atom is 0.312 e. The first kappa shape index (κ1) is 17.2. The Morgan fingerprint density at radius 3 is 2.04 bits per heavy atom. The number of ether oxygens (including phenoxy) is 2. The van der Waals surface area contributed by atoms with Crippen LogP contribution in [0.4, 0.5) is 0 Å². The lowest BCUT2D eigenvalue weighted by Crippen LogP contribution is -2.30. The first-order chi connectivity index (χ1) is 10.9. The van der Waals surface area contributed by atoms with Crippen molar-refractivity contribution < 1.29 is 19.4 Å². The summed E-state index contributed by atoms with van der Waals surface area (Å²) in [6, 6.07) is 14.6. The fourth-order valence-corrected chi connectivity index (χ4v) is 1.83. The van der Waals surface area contributed by atoms with E-state index in [-0.39, 0.29) is 6.61 Å². The normalized spacial score (nSPS) is 11.1. The van der Waals surface area contributed by atoms with Gasteiger partial charge in [-0.25, -0.2) is 0 Å². The number of carboxylic acid groups (broad SMARTS) is 1. The molecule has 0 aromatic heterocycles. The van der Waals surface area contributed by atoms with E-state index < -0.39 is 11.4 Å². The summed E-state index contributed by atoms with van der Waals surface area (Å²) >= 11 is 5.84. The quantitative estimate of drug-likeness (QED) is 0.815. The molecule has 23 heavy (non-hydrogen) atoms. The van der Waals surface area contributed by atoms with Crippen LogP contribution in [-0.4, -0.2) is 17.7 Å². The van der Waals surface area contributed by atoms with Crippen molar-refractivity contribution in [1.82, 2.24) is 0 Å². The predicted octanol–water partition coefficient (Wildman–Crippen LogP) is 4.41. The molecular formula is C18H19ClO4. The van der Waals surface area contributed by atoms with E-state index in [4.69, 9.17) is 26.2 Å². The van der Waals surface area contributed by atoms with Crippen molar-refractivity contribution in [2.24, 2.45) is 5.41 Å². The van der Waals surface area contributed by atoms with E-state index in [1.54, 1.807) is 38.1 Å².